The Hall–Kier alpha value is -2.95. The van der Waals surface area contributed by atoms with Crippen molar-refractivity contribution in [2.45, 2.75) is 20.3 Å². The maximum absolute atomic E-state index is 13.6. The number of nitrogens with zero attached hydrogens (tertiary/aromatic N) is 1. The minimum absolute atomic E-state index is 0.263. The fraction of sp³-hybridized carbons (Fsp3) is 0.158. The van der Waals surface area contributed by atoms with Gasteiger partial charge < -0.3 is 5.11 Å². The van der Waals surface area contributed by atoms with Crippen molar-refractivity contribution >= 4 is 22.8 Å². The summed E-state index contributed by atoms with van der Waals surface area (Å²) >= 11 is 0. The standard InChI is InChI=1S/C19H16FNO3/c1-11-3-5-13(6-4-11)19(24)21-12(2)15(10-18(22)23)16-9-14(20)7-8-17(16)21/h3-9H,10H2,1-2H3,(H,22,23)/i20-1. The number of carbonyl (C=O) groups is 2. The predicted molar refractivity (Wildman–Crippen MR) is 88.9 cm³/mol. The lowest BCUT2D eigenvalue weighted by molar-refractivity contribution is -0.136. The van der Waals surface area contributed by atoms with Crippen LogP contribution in [0, 0.1) is 19.7 Å². The number of fused-ring (bicyclic) bond motifs is 1. The molecule has 1 aromatic heterocycles. The van der Waals surface area contributed by atoms with E-state index in [0.717, 1.165) is 5.56 Å². The zero-order valence-electron chi connectivity index (χ0n) is 13.3. The van der Waals surface area contributed by atoms with Gasteiger partial charge in [0.05, 0.1) is 11.9 Å². The second-order valence-corrected chi connectivity index (χ2v) is 5.80. The second-order valence-electron chi connectivity index (χ2n) is 5.80. The van der Waals surface area contributed by atoms with Crippen molar-refractivity contribution in [3.8, 4) is 0 Å². The molecule has 0 bridgehead atoms. The Bertz CT molecular complexity index is 955. The lowest BCUT2D eigenvalue weighted by Gasteiger charge is -2.08. The number of hydrogen-bond acceptors (Lipinski definition) is 2. The third-order valence-electron chi connectivity index (χ3n) is 4.13. The van der Waals surface area contributed by atoms with Gasteiger partial charge in [0.25, 0.3) is 5.91 Å². The molecule has 24 heavy (non-hydrogen) atoms. The zero-order chi connectivity index (χ0) is 17.4. The summed E-state index contributed by atoms with van der Waals surface area (Å²) in [7, 11) is 0. The Kier molecular flexibility index (Phi) is 3.93. The number of halogens is 1. The largest absolute Gasteiger partial charge is 0.481 e. The Balaban J connectivity index is 2.24. The van der Waals surface area contributed by atoms with Gasteiger partial charge in [-0.15, -0.1) is 0 Å². The van der Waals surface area contributed by atoms with Crippen molar-refractivity contribution in [2.75, 3.05) is 0 Å². The number of rotatable bonds is 3. The Morgan fingerprint density at radius 2 is 1.75 bits per heavy atom. The average molecular weight is 324 g/mol. The molecule has 122 valence electrons. The zero-order valence-corrected chi connectivity index (χ0v) is 13.3. The molecule has 4 nitrogen and oxygen atoms in total. The first kappa shape index (κ1) is 15.9. The number of aryl methyl sites for hydroxylation is 1. The van der Waals surface area contributed by atoms with E-state index in [-0.39, 0.29) is 12.3 Å². The lowest BCUT2D eigenvalue weighted by atomic mass is 10.1. The van der Waals surface area contributed by atoms with Gasteiger partial charge in [0, 0.05) is 16.6 Å². The number of carbonyl (C=O) groups excluding carboxylic acids is 1. The first-order chi connectivity index (χ1) is 11.4. The van der Waals surface area contributed by atoms with E-state index in [2.05, 4.69) is 0 Å². The highest BCUT2D eigenvalue weighted by Crippen LogP contribution is 2.28. The number of aromatic nitrogens is 1. The van der Waals surface area contributed by atoms with Crippen LogP contribution in [-0.2, 0) is 11.2 Å². The van der Waals surface area contributed by atoms with E-state index in [1.807, 2.05) is 19.1 Å². The number of hydrogen-bond donors (Lipinski definition) is 1. The minimum Gasteiger partial charge on any atom is -0.481 e. The van der Waals surface area contributed by atoms with Gasteiger partial charge in [-0.05, 0) is 49.7 Å². The van der Waals surface area contributed by atoms with Crippen LogP contribution in [-0.4, -0.2) is 21.6 Å². The van der Waals surface area contributed by atoms with E-state index in [9.17, 15) is 14.0 Å². The molecule has 3 rings (SSSR count). The molecule has 3 aromatic rings. The third-order valence-corrected chi connectivity index (χ3v) is 4.13. The summed E-state index contributed by atoms with van der Waals surface area (Å²) in [4.78, 5) is 24.0. The molecule has 0 aliphatic heterocycles. The summed E-state index contributed by atoms with van der Waals surface area (Å²) in [6.45, 7) is 3.61. The minimum atomic E-state index is -1.02. The molecule has 0 spiro atoms. The van der Waals surface area contributed by atoms with Crippen molar-refractivity contribution in [3.05, 3.63) is 70.7 Å². The van der Waals surface area contributed by atoms with E-state index in [1.54, 1.807) is 19.1 Å². The van der Waals surface area contributed by atoms with E-state index < -0.39 is 11.8 Å². The predicted octanol–water partition coefficient (Wildman–Crippen LogP) is 3.71. The first-order valence-electron chi connectivity index (χ1n) is 7.51. The molecule has 2 aromatic carbocycles. The van der Waals surface area contributed by atoms with Crippen LogP contribution in [0.1, 0.15) is 27.2 Å². The molecule has 0 amide bonds. The van der Waals surface area contributed by atoms with Crippen molar-refractivity contribution in [2.24, 2.45) is 0 Å². The van der Waals surface area contributed by atoms with Crippen LogP contribution in [0.2, 0.25) is 0 Å². The summed E-state index contributed by atoms with van der Waals surface area (Å²) < 4.78 is 15.1. The van der Waals surface area contributed by atoms with Gasteiger partial charge in [0.2, 0.25) is 0 Å². The molecular weight excluding hydrogens is 308 g/mol. The van der Waals surface area contributed by atoms with Gasteiger partial charge in [0.1, 0.15) is 5.82 Å². The SMILES string of the molecule is Cc1ccc(C(=O)n2c(C)c(CC(=O)O)c3cc([18F])ccc32)cc1. The highest BCUT2D eigenvalue weighted by atomic mass is 18.2. The summed E-state index contributed by atoms with van der Waals surface area (Å²) in [5.74, 6) is -1.75. The van der Waals surface area contributed by atoms with Gasteiger partial charge in [-0.25, -0.2) is 4.39 Å². The topological polar surface area (TPSA) is 59.3 Å². The van der Waals surface area contributed by atoms with Gasteiger partial charge in [-0.3, -0.25) is 14.2 Å². The molecule has 0 aliphatic rings. The molecule has 0 saturated heterocycles. The molecule has 0 radical (unpaired) electrons. The number of aliphatic carboxylic acids is 1. The highest BCUT2D eigenvalue weighted by molar-refractivity contribution is 6.04. The maximum Gasteiger partial charge on any atom is 0.307 e. The average Bonchev–Trinajstić information content (AvgIpc) is 2.79. The molecule has 5 heteroatoms. The summed E-state index contributed by atoms with van der Waals surface area (Å²) in [6.07, 6.45) is -0.264. The van der Waals surface area contributed by atoms with Crippen LogP contribution in [0.25, 0.3) is 10.9 Å². The van der Waals surface area contributed by atoms with Crippen LogP contribution < -0.4 is 0 Å². The normalized spacial score (nSPS) is 11.0. The van der Waals surface area contributed by atoms with Crippen LogP contribution >= 0.6 is 0 Å². The van der Waals surface area contributed by atoms with Crippen molar-refractivity contribution in [3.63, 3.8) is 0 Å². The Morgan fingerprint density at radius 3 is 2.38 bits per heavy atom. The molecular formula is C19H16FNO3. The maximum atomic E-state index is 13.6. The summed E-state index contributed by atoms with van der Waals surface area (Å²) in [6, 6.07) is 11.2. The van der Waals surface area contributed by atoms with Crippen molar-refractivity contribution in [1.82, 2.24) is 4.57 Å². The third kappa shape index (κ3) is 2.69. The van der Waals surface area contributed by atoms with E-state index in [1.165, 1.54) is 22.8 Å². The van der Waals surface area contributed by atoms with Crippen LogP contribution in [0.5, 0.6) is 0 Å². The number of carboxylic acids is 1. The summed E-state index contributed by atoms with van der Waals surface area (Å²) in [5.41, 5.74) is 3.01. The molecule has 1 heterocycles. The van der Waals surface area contributed by atoms with E-state index in [0.29, 0.717) is 27.7 Å². The van der Waals surface area contributed by atoms with Crippen molar-refractivity contribution in [1.29, 1.82) is 0 Å². The number of carboxylic acid groups (broad SMARTS) is 1. The fourth-order valence-corrected chi connectivity index (χ4v) is 2.92. The smallest absolute Gasteiger partial charge is 0.307 e. The fourth-order valence-electron chi connectivity index (χ4n) is 2.92. The monoisotopic (exact) mass is 324 g/mol. The molecule has 0 unspecified atom stereocenters. The van der Waals surface area contributed by atoms with Crippen molar-refractivity contribution < 1.29 is 19.1 Å². The van der Waals surface area contributed by atoms with E-state index >= 15 is 0 Å². The first-order valence-corrected chi connectivity index (χ1v) is 7.51. The van der Waals surface area contributed by atoms with E-state index in [4.69, 9.17) is 5.11 Å². The van der Waals surface area contributed by atoms with Crippen LogP contribution in [0.15, 0.2) is 42.5 Å². The Labute approximate surface area is 138 Å². The summed E-state index contributed by atoms with van der Waals surface area (Å²) in [5, 5.41) is 9.58. The Morgan fingerprint density at radius 1 is 1.08 bits per heavy atom. The molecule has 0 fully saturated rings. The second kappa shape index (κ2) is 5.92. The van der Waals surface area contributed by atoms with Gasteiger partial charge in [-0.2, -0.15) is 0 Å². The van der Waals surface area contributed by atoms with Gasteiger partial charge in [-0.1, -0.05) is 17.7 Å². The number of benzene rings is 2. The quantitative estimate of drug-likeness (QED) is 0.799. The van der Waals surface area contributed by atoms with Gasteiger partial charge in [0.15, 0.2) is 0 Å². The molecule has 1 N–H and O–H groups in total. The molecule has 0 atom stereocenters. The highest BCUT2D eigenvalue weighted by Gasteiger charge is 2.21. The molecule has 0 saturated carbocycles. The van der Waals surface area contributed by atoms with Gasteiger partial charge >= 0.3 is 5.97 Å². The van der Waals surface area contributed by atoms with Crippen LogP contribution in [0.4, 0.5) is 4.39 Å². The lowest BCUT2D eigenvalue weighted by Crippen LogP contribution is -2.14. The molecule has 0 aliphatic carbocycles. The van der Waals surface area contributed by atoms with Crippen LogP contribution in [0.3, 0.4) is 0 Å².